The second kappa shape index (κ2) is 6.05. The van der Waals surface area contributed by atoms with Gasteiger partial charge in [0.2, 0.25) is 0 Å². The maximum absolute atomic E-state index is 13.4. The number of rotatable bonds is 0. The monoisotopic (exact) mass is 326 g/mol. The Labute approximate surface area is 146 Å². The summed E-state index contributed by atoms with van der Waals surface area (Å²) in [6, 6.07) is 21.4. The number of hydrogen-bond acceptors (Lipinski definition) is 1. The Morgan fingerprint density at radius 3 is 1.96 bits per heavy atom. The molecule has 0 atom stereocenters. The lowest BCUT2D eigenvalue weighted by Crippen LogP contribution is -2.26. The highest BCUT2D eigenvalue weighted by molar-refractivity contribution is 5.78. The van der Waals surface area contributed by atoms with Crippen molar-refractivity contribution in [2.45, 2.75) is 5.60 Å². The molecular weight excluding hydrogens is 311 g/mol. The van der Waals surface area contributed by atoms with Crippen LogP contribution in [-0.2, 0) is 5.60 Å². The van der Waals surface area contributed by atoms with E-state index in [4.69, 9.17) is 0 Å². The minimum Gasteiger partial charge on any atom is -0.369 e. The Hall–Kier alpha value is -3.15. The molecule has 1 nitrogen and oxygen atoms in total. The van der Waals surface area contributed by atoms with Gasteiger partial charge in [-0.2, -0.15) is 0 Å². The predicted octanol–water partition coefficient (Wildman–Crippen LogP) is 4.60. The smallest absolute Gasteiger partial charge is 0.178 e. The molecule has 120 valence electrons. The molecule has 0 saturated carbocycles. The van der Waals surface area contributed by atoms with Crippen molar-refractivity contribution in [2.24, 2.45) is 0 Å². The van der Waals surface area contributed by atoms with Gasteiger partial charge < -0.3 is 5.11 Å². The van der Waals surface area contributed by atoms with E-state index in [9.17, 15) is 9.50 Å². The third-order valence-electron chi connectivity index (χ3n) is 4.36. The van der Waals surface area contributed by atoms with E-state index in [2.05, 4.69) is 11.8 Å². The van der Waals surface area contributed by atoms with Gasteiger partial charge in [-0.05, 0) is 29.3 Å². The third kappa shape index (κ3) is 2.76. The zero-order valence-corrected chi connectivity index (χ0v) is 13.4. The first-order valence-corrected chi connectivity index (χ1v) is 8.05. The summed E-state index contributed by atoms with van der Waals surface area (Å²) < 4.78 is 13.4. The Morgan fingerprint density at radius 1 is 0.760 bits per heavy atom. The molecule has 0 unspecified atom stereocenters. The lowest BCUT2D eigenvalue weighted by molar-refractivity contribution is 0.145. The van der Waals surface area contributed by atoms with Crippen molar-refractivity contribution < 1.29 is 9.50 Å². The van der Waals surface area contributed by atoms with Gasteiger partial charge in [-0.15, -0.1) is 0 Å². The van der Waals surface area contributed by atoms with E-state index in [1.54, 1.807) is 12.1 Å². The molecule has 0 bridgehead atoms. The maximum Gasteiger partial charge on any atom is 0.178 e. The summed E-state index contributed by atoms with van der Waals surface area (Å²) in [4.78, 5) is 0. The lowest BCUT2D eigenvalue weighted by Gasteiger charge is -2.25. The third-order valence-corrected chi connectivity index (χ3v) is 4.36. The first kappa shape index (κ1) is 15.4. The van der Waals surface area contributed by atoms with Gasteiger partial charge in [0.15, 0.2) is 5.60 Å². The van der Waals surface area contributed by atoms with Gasteiger partial charge in [0.25, 0.3) is 0 Å². The number of halogens is 1. The fourth-order valence-electron chi connectivity index (χ4n) is 3.13. The van der Waals surface area contributed by atoms with Crippen LogP contribution in [0.1, 0.15) is 27.8 Å². The Kier molecular flexibility index (Phi) is 3.72. The van der Waals surface area contributed by atoms with Crippen LogP contribution >= 0.6 is 0 Å². The highest BCUT2D eigenvalue weighted by Crippen LogP contribution is 2.37. The van der Waals surface area contributed by atoms with Crippen molar-refractivity contribution >= 4 is 12.2 Å². The van der Waals surface area contributed by atoms with E-state index in [1.165, 1.54) is 12.1 Å². The van der Waals surface area contributed by atoms with Crippen LogP contribution in [0.5, 0.6) is 0 Å². The molecule has 1 aliphatic carbocycles. The lowest BCUT2D eigenvalue weighted by atomic mass is 9.83. The molecule has 0 radical (unpaired) electrons. The zero-order chi connectivity index (χ0) is 17.3. The molecule has 0 aliphatic heterocycles. The molecule has 0 amide bonds. The molecule has 3 aromatic carbocycles. The number of fused-ring (bicyclic) bond motifs is 2. The van der Waals surface area contributed by atoms with Crippen molar-refractivity contribution in [1.29, 1.82) is 0 Å². The first-order valence-electron chi connectivity index (χ1n) is 8.05. The standard InChI is InChI=1S/C23H15FO/c24-20-9-5-6-17(16-20)14-15-23(25)21-10-3-1-7-18(21)12-13-19-8-2-4-11-22(19)23/h1-13,16,25H. The highest BCUT2D eigenvalue weighted by atomic mass is 19.1. The van der Waals surface area contributed by atoms with Gasteiger partial charge in [-0.25, -0.2) is 4.39 Å². The average molecular weight is 326 g/mol. The van der Waals surface area contributed by atoms with Crippen molar-refractivity contribution in [2.75, 3.05) is 0 Å². The van der Waals surface area contributed by atoms with Crippen molar-refractivity contribution in [3.05, 3.63) is 106 Å². The fraction of sp³-hybridized carbons (Fsp3) is 0.0435. The zero-order valence-electron chi connectivity index (χ0n) is 13.4. The second-order valence-electron chi connectivity index (χ2n) is 5.98. The Balaban J connectivity index is 1.95. The molecule has 4 rings (SSSR count). The van der Waals surface area contributed by atoms with Crippen LogP contribution in [0.25, 0.3) is 12.2 Å². The molecule has 3 aromatic rings. The van der Waals surface area contributed by atoms with Gasteiger partial charge in [0.1, 0.15) is 5.82 Å². The van der Waals surface area contributed by atoms with Crippen molar-refractivity contribution in [3.8, 4) is 11.8 Å². The van der Waals surface area contributed by atoms with E-state index < -0.39 is 5.60 Å². The summed E-state index contributed by atoms with van der Waals surface area (Å²) in [6.45, 7) is 0. The minimum absolute atomic E-state index is 0.345. The normalized spacial score (nSPS) is 13.8. The van der Waals surface area contributed by atoms with Crippen LogP contribution < -0.4 is 0 Å². The van der Waals surface area contributed by atoms with Crippen LogP contribution in [0.3, 0.4) is 0 Å². The SMILES string of the molecule is OC1(C#Cc2cccc(F)c2)c2ccccc2C=Cc2ccccc21. The quantitative estimate of drug-likeness (QED) is 0.599. The number of hydrogen-bond donors (Lipinski definition) is 1. The predicted molar refractivity (Wildman–Crippen MR) is 98.1 cm³/mol. The molecular formula is C23H15FO. The Bertz CT molecular complexity index is 987. The molecule has 0 fully saturated rings. The Morgan fingerprint density at radius 2 is 1.36 bits per heavy atom. The van der Waals surface area contributed by atoms with Crippen LogP contribution in [-0.4, -0.2) is 5.11 Å². The topological polar surface area (TPSA) is 20.2 Å². The summed E-state index contributed by atoms with van der Waals surface area (Å²) in [5.41, 5.74) is 2.33. The van der Waals surface area contributed by atoms with Gasteiger partial charge >= 0.3 is 0 Å². The summed E-state index contributed by atoms with van der Waals surface area (Å²) in [5.74, 6) is 5.59. The summed E-state index contributed by atoms with van der Waals surface area (Å²) in [7, 11) is 0. The van der Waals surface area contributed by atoms with Gasteiger partial charge in [0, 0.05) is 16.7 Å². The summed E-state index contributed by atoms with van der Waals surface area (Å²) in [6.07, 6.45) is 3.96. The number of aliphatic hydroxyl groups is 1. The fourth-order valence-corrected chi connectivity index (χ4v) is 3.13. The van der Waals surface area contributed by atoms with Crippen LogP contribution in [0.4, 0.5) is 4.39 Å². The van der Waals surface area contributed by atoms with Crippen molar-refractivity contribution in [3.63, 3.8) is 0 Å². The van der Waals surface area contributed by atoms with Gasteiger partial charge in [-0.1, -0.05) is 78.6 Å². The van der Waals surface area contributed by atoms with Gasteiger partial charge in [0.05, 0.1) is 0 Å². The largest absolute Gasteiger partial charge is 0.369 e. The number of benzene rings is 3. The first-order chi connectivity index (χ1) is 12.2. The van der Waals surface area contributed by atoms with E-state index in [0.717, 1.165) is 22.3 Å². The van der Waals surface area contributed by atoms with Crippen LogP contribution in [0.15, 0.2) is 72.8 Å². The molecule has 0 saturated heterocycles. The van der Waals surface area contributed by atoms with E-state index >= 15 is 0 Å². The molecule has 0 spiro atoms. The highest BCUT2D eigenvalue weighted by Gasteiger charge is 2.34. The van der Waals surface area contributed by atoms with Crippen LogP contribution in [0.2, 0.25) is 0 Å². The van der Waals surface area contributed by atoms with Crippen LogP contribution in [0, 0.1) is 17.7 Å². The maximum atomic E-state index is 13.4. The minimum atomic E-state index is -1.47. The average Bonchev–Trinajstić information content (AvgIpc) is 2.77. The van der Waals surface area contributed by atoms with E-state index in [0.29, 0.717) is 5.56 Å². The molecule has 1 aliphatic rings. The van der Waals surface area contributed by atoms with E-state index in [1.807, 2.05) is 60.7 Å². The second-order valence-corrected chi connectivity index (χ2v) is 5.98. The molecule has 0 heterocycles. The molecule has 0 aromatic heterocycles. The van der Waals surface area contributed by atoms with E-state index in [-0.39, 0.29) is 5.82 Å². The summed E-state index contributed by atoms with van der Waals surface area (Å²) >= 11 is 0. The van der Waals surface area contributed by atoms with Crippen molar-refractivity contribution in [1.82, 2.24) is 0 Å². The molecule has 1 N–H and O–H groups in total. The summed E-state index contributed by atoms with van der Waals surface area (Å²) in [5, 5.41) is 11.6. The molecule has 25 heavy (non-hydrogen) atoms. The van der Waals surface area contributed by atoms with Gasteiger partial charge in [-0.3, -0.25) is 0 Å². The molecule has 2 heteroatoms.